The fraction of sp³-hybridized carbons (Fsp3) is 0.406. The molecule has 0 bridgehead atoms. The second-order valence-corrected chi connectivity index (χ2v) is 29.0. The van der Waals surface area contributed by atoms with E-state index in [4.69, 9.17) is 10.5 Å². The number of aryl methyl sites for hydroxylation is 1. The molecule has 1 aromatic heterocycles. The van der Waals surface area contributed by atoms with Crippen LogP contribution >= 0.6 is 0 Å². The highest BCUT2D eigenvalue weighted by Gasteiger charge is 2.41. The topological polar surface area (TPSA) is 407 Å². The van der Waals surface area contributed by atoms with Crippen LogP contribution in [0.5, 0.6) is 0 Å². The number of aliphatic hydroxyl groups excluding tert-OH is 1. The number of nitrogens with one attached hydrogen (secondary N) is 6. The Hall–Kier alpha value is -9.71. The molecule has 0 radical (unpaired) electrons. The molecule has 5 aromatic carbocycles. The number of anilines is 3. The Kier molecular flexibility index (Phi) is 22.8. The van der Waals surface area contributed by atoms with Crippen LogP contribution in [0.2, 0.25) is 0 Å². The van der Waals surface area contributed by atoms with Crippen LogP contribution in [0, 0.1) is 17.8 Å². The van der Waals surface area contributed by atoms with Gasteiger partial charge in [0.1, 0.15) is 40.9 Å². The molecule has 1 fully saturated rings. The minimum absolute atomic E-state index is 0.0225. The summed E-state index contributed by atoms with van der Waals surface area (Å²) in [5.74, 6) is -7.18. The zero-order chi connectivity index (χ0) is 71.1. The van der Waals surface area contributed by atoms with Crippen LogP contribution in [0.25, 0.3) is 11.1 Å². The summed E-state index contributed by atoms with van der Waals surface area (Å²) in [5.41, 5.74) is 9.17. The molecule has 9 N–H and O–H groups in total. The van der Waals surface area contributed by atoms with Crippen molar-refractivity contribution >= 4 is 90.0 Å². The van der Waals surface area contributed by atoms with Crippen molar-refractivity contribution in [1.82, 2.24) is 46.5 Å². The van der Waals surface area contributed by atoms with Gasteiger partial charge in [-0.2, -0.15) is 0 Å². The van der Waals surface area contributed by atoms with Crippen molar-refractivity contribution in [2.45, 2.75) is 146 Å². The Morgan fingerprint density at radius 3 is 1.97 bits per heavy atom. The number of carbonyl (C=O) groups is 9. The molecule has 27 nitrogen and oxygen atoms in total. The molecule has 2 aliphatic carbocycles. The third-order valence-electron chi connectivity index (χ3n) is 17.9. The molecule has 3 aliphatic rings. The average molecular weight is 1380 g/mol. The Bertz CT molecular complexity index is 4280. The number of unbranched alkanes of at least 4 members (excludes halogenated alkanes) is 1. The lowest BCUT2D eigenvalue weighted by atomic mass is 9.82. The summed E-state index contributed by atoms with van der Waals surface area (Å²) in [6.07, 6.45) is 0.696. The number of fused-ring (bicyclic) bond motifs is 5. The first-order valence-electron chi connectivity index (χ1n) is 32.3. The van der Waals surface area contributed by atoms with E-state index in [2.05, 4.69) is 42.2 Å². The van der Waals surface area contributed by atoms with Crippen molar-refractivity contribution < 1.29 is 74.4 Å². The minimum atomic E-state index is -5.26. The lowest BCUT2D eigenvalue weighted by Crippen LogP contribution is -2.58. The van der Waals surface area contributed by atoms with E-state index in [9.17, 15) is 69.6 Å². The number of aromatic nitrogens is 3. The largest absolute Gasteiger partial charge is 0.744 e. The maximum Gasteiger partial charge on any atom is 0.407 e. The summed E-state index contributed by atoms with van der Waals surface area (Å²) in [6.45, 7) is 11.2. The summed E-state index contributed by atoms with van der Waals surface area (Å²) in [5, 5.41) is 35.2. The van der Waals surface area contributed by atoms with Crippen LogP contribution in [0.1, 0.15) is 135 Å². The number of sulfone groups is 1. The molecule has 0 saturated carbocycles. The number of amides is 6. The van der Waals surface area contributed by atoms with Crippen molar-refractivity contribution in [2.24, 2.45) is 17.8 Å². The number of nitrogens with two attached hydrogens (primary N) is 1. The number of hydrogen-bond acceptors (Lipinski definition) is 20. The van der Waals surface area contributed by atoms with Gasteiger partial charge in [-0.25, -0.2) is 26.3 Å². The van der Waals surface area contributed by atoms with Gasteiger partial charge in [0.2, 0.25) is 29.5 Å². The molecule has 6 amide bonds. The summed E-state index contributed by atoms with van der Waals surface area (Å²) in [4.78, 5) is 123. The number of ketones is 3. The zero-order valence-electron chi connectivity index (χ0n) is 55.2. The fourth-order valence-electron chi connectivity index (χ4n) is 12.5. The molecule has 6 aromatic rings. The molecule has 9 rings (SSSR count). The van der Waals surface area contributed by atoms with Crippen LogP contribution in [-0.2, 0) is 66.4 Å². The summed E-state index contributed by atoms with van der Waals surface area (Å²) in [6, 6.07) is 22.5. The summed E-state index contributed by atoms with van der Waals surface area (Å²) < 4.78 is 71.4. The van der Waals surface area contributed by atoms with Gasteiger partial charge in [0.25, 0.3) is 0 Å². The molecule has 7 atom stereocenters. The quantitative estimate of drug-likeness (QED) is 0.0176. The standard InChI is InChI=1S/C69H81N11O16S2/c1-37(2)52(31-56(82)39(5)73-67(88)61(38(3)4)77-66(87)55-27-17-28-79(55)68(89)41(7)74-64(85)40(6)75-69(90)96-36-53-48-23-10-8-21-46(48)47-22-9-11-24-49(47)53)65(86)71-34-44(81)35-80-43(33-72-78-80)19-14-15-29-97(91,92)45-20-16-18-42(30-45)76-54-32-57(98(93,94)95)60(70)59-58(54)62(83)50-25-12-13-26-51(50)63(59)84/h8-13,16,18,20-26,30,32-33,37-41,44,52-53,55,61,76,81H,14-15,17,19,27-29,31,34-36,70H2,1-7H3,(H,71,86)(H,73,88)(H,74,85)(H,75,90)(H,77,87)(H,93,94,95)/p-1. The van der Waals surface area contributed by atoms with Gasteiger partial charge < -0.3 is 56.9 Å². The molecular formula is C69H80N11O16S2-. The third kappa shape index (κ3) is 16.5. The first kappa shape index (κ1) is 72.6. The molecule has 1 saturated heterocycles. The predicted molar refractivity (Wildman–Crippen MR) is 358 cm³/mol. The molecule has 7 unspecified atom stereocenters. The van der Waals surface area contributed by atoms with E-state index in [-0.39, 0.29) is 96.1 Å². The van der Waals surface area contributed by atoms with E-state index in [1.54, 1.807) is 27.7 Å². The number of nitrogens with zero attached hydrogens (tertiary/aromatic N) is 4. The van der Waals surface area contributed by atoms with Gasteiger partial charge in [-0.3, -0.25) is 38.4 Å². The molecule has 2 heterocycles. The van der Waals surface area contributed by atoms with Crippen LogP contribution in [0.15, 0.2) is 119 Å². The number of carbonyl (C=O) groups excluding carboxylic acids is 9. The summed E-state index contributed by atoms with van der Waals surface area (Å²) in [7, 11) is -9.23. The van der Waals surface area contributed by atoms with Gasteiger partial charge in [-0.15, -0.1) is 5.10 Å². The van der Waals surface area contributed by atoms with Crippen LogP contribution in [-0.4, -0.2) is 161 Å². The molecule has 0 spiro atoms. The van der Waals surface area contributed by atoms with E-state index in [0.717, 1.165) is 28.3 Å². The number of aliphatic hydroxyl groups is 1. The lowest BCUT2D eigenvalue weighted by molar-refractivity contribution is -0.142. The van der Waals surface area contributed by atoms with E-state index in [0.29, 0.717) is 25.0 Å². The van der Waals surface area contributed by atoms with Crippen molar-refractivity contribution in [3.63, 3.8) is 0 Å². The first-order chi connectivity index (χ1) is 46.4. The highest BCUT2D eigenvalue weighted by atomic mass is 32.2. The highest BCUT2D eigenvalue weighted by Crippen LogP contribution is 2.45. The van der Waals surface area contributed by atoms with Gasteiger partial charge >= 0.3 is 6.09 Å². The zero-order valence-corrected chi connectivity index (χ0v) is 56.8. The smallest absolute Gasteiger partial charge is 0.407 e. The van der Waals surface area contributed by atoms with Gasteiger partial charge in [-0.1, -0.05) is 112 Å². The normalized spacial score (nSPS) is 16.1. The molecular weight excluding hydrogens is 1300 g/mol. The van der Waals surface area contributed by atoms with Crippen molar-refractivity contribution in [1.29, 1.82) is 0 Å². The van der Waals surface area contributed by atoms with E-state index in [1.807, 2.05) is 48.5 Å². The van der Waals surface area contributed by atoms with E-state index in [1.165, 1.54) is 85.1 Å². The SMILES string of the molecule is CC(NC(=O)C(NC(=O)C1CCCN1C(=O)C(C)NC(=O)C(C)NC(=O)OCC1c2ccccc2-c2ccccc21)C(C)C)C(=O)CC(C(=O)NCC(O)Cn1nncc1CCCCS(=O)(=O)c1cccc(Nc2cc(S(=O)(=O)[O-])c(N)c3c2C(=O)c2ccccc2C3=O)c1)C(C)C. The number of likely N-dealkylation sites (tertiary alicyclic amines) is 1. The number of Topliss-reactive ketones (excluding diaryl/α,β-unsaturated/α-hetero) is 1. The highest BCUT2D eigenvalue weighted by molar-refractivity contribution is 7.91. The van der Waals surface area contributed by atoms with E-state index < -0.39 is 137 Å². The Morgan fingerprint density at radius 1 is 0.714 bits per heavy atom. The third-order valence-corrected chi connectivity index (χ3v) is 20.6. The average Bonchev–Trinajstić information content (AvgIpc) is 0.782. The Morgan fingerprint density at radius 2 is 1.34 bits per heavy atom. The maximum atomic E-state index is 13.9. The second-order valence-electron chi connectivity index (χ2n) is 25.6. The van der Waals surface area contributed by atoms with Gasteiger partial charge in [-0.05, 0) is 111 Å². The Labute approximate surface area is 567 Å². The molecule has 520 valence electrons. The monoisotopic (exact) mass is 1380 g/mol. The van der Waals surface area contributed by atoms with Crippen LogP contribution in [0.4, 0.5) is 21.9 Å². The number of nitrogen functional groups attached to an aromatic ring is 1. The Balaban J connectivity index is 0.703. The first-order valence-corrected chi connectivity index (χ1v) is 35.4. The van der Waals surface area contributed by atoms with Gasteiger partial charge in [0, 0.05) is 48.2 Å². The number of rotatable bonds is 29. The minimum Gasteiger partial charge on any atom is -0.744 e. The number of ether oxygens (including phenoxy) is 1. The van der Waals surface area contributed by atoms with Crippen molar-refractivity contribution in [3.8, 4) is 11.1 Å². The molecule has 1 aliphatic heterocycles. The number of benzene rings is 5. The van der Waals surface area contributed by atoms with E-state index >= 15 is 0 Å². The number of hydrogen-bond donors (Lipinski definition) is 8. The van der Waals surface area contributed by atoms with Crippen molar-refractivity contribution in [2.75, 3.05) is 36.5 Å². The second kappa shape index (κ2) is 30.8. The lowest BCUT2D eigenvalue weighted by Gasteiger charge is -2.30. The maximum absolute atomic E-state index is 13.9. The summed E-state index contributed by atoms with van der Waals surface area (Å²) >= 11 is 0. The van der Waals surface area contributed by atoms with Crippen LogP contribution in [0.3, 0.4) is 0 Å². The number of alkyl carbamates (subject to hydrolysis) is 1. The van der Waals surface area contributed by atoms with Gasteiger partial charge in [0.15, 0.2) is 27.2 Å². The molecule has 29 heteroatoms. The van der Waals surface area contributed by atoms with Crippen LogP contribution < -0.4 is 37.6 Å². The fourth-order valence-corrected chi connectivity index (χ4v) is 14.6. The predicted octanol–water partition coefficient (Wildman–Crippen LogP) is 4.86. The van der Waals surface area contributed by atoms with Gasteiger partial charge in [0.05, 0.1) is 68.6 Å². The molecule has 98 heavy (non-hydrogen) atoms. The van der Waals surface area contributed by atoms with Crippen molar-refractivity contribution in [3.05, 3.63) is 148 Å².